The average molecular weight is 280 g/mol. The van der Waals surface area contributed by atoms with Crippen molar-refractivity contribution >= 4 is 11.8 Å². The monoisotopic (exact) mass is 280 g/mol. The molecule has 2 rings (SSSR count). The summed E-state index contributed by atoms with van der Waals surface area (Å²) in [4.78, 5) is 27.1. The summed E-state index contributed by atoms with van der Waals surface area (Å²) in [5.74, 6) is -0.122. The zero-order valence-corrected chi connectivity index (χ0v) is 11.5. The molecular weight excluding hydrogens is 260 g/mol. The summed E-state index contributed by atoms with van der Waals surface area (Å²) in [7, 11) is 0. The number of hydrogen-bond acceptors (Lipinski definition) is 5. The Morgan fingerprint density at radius 3 is 2.60 bits per heavy atom. The van der Waals surface area contributed by atoms with Gasteiger partial charge in [0.25, 0.3) is 0 Å². The third-order valence-corrected chi connectivity index (χ3v) is 3.64. The van der Waals surface area contributed by atoms with Crippen LogP contribution in [0.4, 0.5) is 0 Å². The molecule has 2 aliphatic rings. The maximum absolute atomic E-state index is 11.9. The van der Waals surface area contributed by atoms with Crippen LogP contribution >= 0.6 is 0 Å². The molecule has 110 valence electrons. The van der Waals surface area contributed by atoms with Gasteiger partial charge in [-0.25, -0.2) is 0 Å². The Labute approximate surface area is 118 Å². The summed E-state index contributed by atoms with van der Waals surface area (Å²) in [5, 5.41) is 11.8. The van der Waals surface area contributed by atoms with Crippen LogP contribution in [0.15, 0.2) is 0 Å². The number of carbonyl (C=O) groups excluding carboxylic acids is 2. The van der Waals surface area contributed by atoms with Crippen molar-refractivity contribution in [2.45, 2.75) is 18.9 Å². The number of rotatable bonds is 4. The molecule has 0 aromatic rings. The molecular formula is C13H20N4O3. The highest BCUT2D eigenvalue weighted by Gasteiger charge is 2.28. The van der Waals surface area contributed by atoms with Crippen LogP contribution in [0.3, 0.4) is 0 Å². The molecule has 0 bridgehead atoms. The van der Waals surface area contributed by atoms with Gasteiger partial charge >= 0.3 is 0 Å². The van der Waals surface area contributed by atoms with Crippen LogP contribution in [0.25, 0.3) is 0 Å². The number of nitrogens with zero attached hydrogens (tertiary/aromatic N) is 3. The first-order valence-electron chi connectivity index (χ1n) is 6.97. The number of carbonyl (C=O) groups is 2. The lowest BCUT2D eigenvalue weighted by Crippen LogP contribution is -2.47. The zero-order chi connectivity index (χ0) is 14.4. The van der Waals surface area contributed by atoms with Crippen molar-refractivity contribution in [2.75, 3.05) is 45.9 Å². The van der Waals surface area contributed by atoms with E-state index in [4.69, 9.17) is 10.00 Å². The topological polar surface area (TPSA) is 85.7 Å². The fraction of sp³-hybridized carbons (Fsp3) is 0.769. The van der Waals surface area contributed by atoms with Gasteiger partial charge in [0.05, 0.1) is 32.4 Å². The minimum atomic E-state index is -0.306. The van der Waals surface area contributed by atoms with Gasteiger partial charge in [0.1, 0.15) is 6.04 Å². The molecule has 2 heterocycles. The standard InChI is InChI=1S/C13H20N4O3/c14-8-11-2-1-3-17(11)13(19)10-15-9-12(18)16-4-6-20-7-5-16/h11,15H,1-7,9-10H2/t11-/m0/s1. The largest absolute Gasteiger partial charge is 0.378 e. The van der Waals surface area contributed by atoms with Crippen LogP contribution in [-0.2, 0) is 14.3 Å². The van der Waals surface area contributed by atoms with E-state index in [1.807, 2.05) is 0 Å². The second kappa shape index (κ2) is 7.22. The molecule has 2 amide bonds. The van der Waals surface area contributed by atoms with Gasteiger partial charge < -0.3 is 14.5 Å². The Balaban J connectivity index is 1.68. The Morgan fingerprint density at radius 2 is 1.90 bits per heavy atom. The molecule has 2 saturated heterocycles. The van der Waals surface area contributed by atoms with Crippen LogP contribution in [-0.4, -0.2) is 73.6 Å². The van der Waals surface area contributed by atoms with Crippen LogP contribution < -0.4 is 5.32 Å². The van der Waals surface area contributed by atoms with Gasteiger partial charge in [0.15, 0.2) is 0 Å². The van der Waals surface area contributed by atoms with Crippen LogP contribution in [0.5, 0.6) is 0 Å². The Kier molecular flexibility index (Phi) is 5.32. The smallest absolute Gasteiger partial charge is 0.237 e. The quantitative estimate of drug-likeness (QED) is 0.710. The van der Waals surface area contributed by atoms with Crippen molar-refractivity contribution in [1.29, 1.82) is 5.26 Å². The number of morpholine rings is 1. The van der Waals surface area contributed by atoms with Gasteiger partial charge in [-0.15, -0.1) is 0 Å². The molecule has 0 radical (unpaired) electrons. The fourth-order valence-corrected chi connectivity index (χ4v) is 2.50. The minimum Gasteiger partial charge on any atom is -0.378 e. The zero-order valence-electron chi connectivity index (χ0n) is 11.5. The second-order valence-electron chi connectivity index (χ2n) is 4.97. The molecule has 0 saturated carbocycles. The summed E-state index contributed by atoms with van der Waals surface area (Å²) in [5.41, 5.74) is 0. The Bertz CT molecular complexity index is 401. The van der Waals surface area contributed by atoms with Crippen molar-refractivity contribution < 1.29 is 14.3 Å². The minimum absolute atomic E-state index is 0.0145. The van der Waals surface area contributed by atoms with Gasteiger partial charge in [0.2, 0.25) is 11.8 Å². The highest BCUT2D eigenvalue weighted by Crippen LogP contribution is 2.15. The number of amides is 2. The van der Waals surface area contributed by atoms with Crippen molar-refractivity contribution in [3.8, 4) is 6.07 Å². The SMILES string of the molecule is N#C[C@@H]1CCCN1C(=O)CNCC(=O)N1CCOCC1. The van der Waals surface area contributed by atoms with Crippen molar-refractivity contribution in [1.82, 2.24) is 15.1 Å². The Morgan fingerprint density at radius 1 is 1.20 bits per heavy atom. The lowest BCUT2D eigenvalue weighted by Gasteiger charge is -2.27. The summed E-state index contributed by atoms with van der Waals surface area (Å²) in [6.45, 7) is 3.25. The molecule has 0 aromatic carbocycles. The van der Waals surface area contributed by atoms with Gasteiger partial charge in [-0.2, -0.15) is 5.26 Å². The van der Waals surface area contributed by atoms with E-state index in [1.165, 1.54) is 0 Å². The highest BCUT2D eigenvalue weighted by molar-refractivity contribution is 5.81. The van der Waals surface area contributed by atoms with Crippen molar-refractivity contribution in [3.63, 3.8) is 0 Å². The lowest BCUT2D eigenvalue weighted by molar-refractivity contribution is -0.134. The van der Waals surface area contributed by atoms with Crippen LogP contribution in [0.2, 0.25) is 0 Å². The predicted octanol–water partition coefficient (Wildman–Crippen LogP) is -1.05. The van der Waals surface area contributed by atoms with E-state index in [0.717, 1.165) is 12.8 Å². The number of hydrogen-bond donors (Lipinski definition) is 1. The molecule has 1 N–H and O–H groups in total. The van der Waals surface area contributed by atoms with Crippen LogP contribution in [0, 0.1) is 11.3 Å². The summed E-state index contributed by atoms with van der Waals surface area (Å²) in [6, 6.07) is 1.83. The van der Waals surface area contributed by atoms with Gasteiger partial charge in [-0.3, -0.25) is 14.9 Å². The Hall–Kier alpha value is -1.65. The van der Waals surface area contributed by atoms with Crippen LogP contribution in [0.1, 0.15) is 12.8 Å². The average Bonchev–Trinajstić information content (AvgIpc) is 2.96. The molecule has 0 unspecified atom stereocenters. The maximum Gasteiger partial charge on any atom is 0.237 e. The molecule has 1 atom stereocenters. The van der Waals surface area contributed by atoms with Gasteiger partial charge in [0, 0.05) is 19.6 Å². The highest BCUT2D eigenvalue weighted by atomic mass is 16.5. The van der Waals surface area contributed by atoms with E-state index in [2.05, 4.69) is 11.4 Å². The van der Waals surface area contributed by atoms with Gasteiger partial charge in [-0.05, 0) is 12.8 Å². The van der Waals surface area contributed by atoms with E-state index < -0.39 is 0 Å². The molecule has 0 aromatic heterocycles. The normalized spacial score (nSPS) is 22.6. The summed E-state index contributed by atoms with van der Waals surface area (Å²) in [6.07, 6.45) is 1.62. The number of nitrogens with one attached hydrogen (secondary N) is 1. The van der Waals surface area contributed by atoms with E-state index in [-0.39, 0.29) is 30.9 Å². The molecule has 20 heavy (non-hydrogen) atoms. The van der Waals surface area contributed by atoms with Gasteiger partial charge in [-0.1, -0.05) is 0 Å². The van der Waals surface area contributed by atoms with E-state index in [9.17, 15) is 9.59 Å². The van der Waals surface area contributed by atoms with Crippen molar-refractivity contribution in [3.05, 3.63) is 0 Å². The second-order valence-corrected chi connectivity index (χ2v) is 4.97. The van der Waals surface area contributed by atoms with E-state index in [0.29, 0.717) is 32.8 Å². The first kappa shape index (κ1) is 14.8. The summed E-state index contributed by atoms with van der Waals surface area (Å²) < 4.78 is 5.18. The number of likely N-dealkylation sites (tertiary alicyclic amines) is 1. The molecule has 0 spiro atoms. The number of ether oxygens (including phenoxy) is 1. The summed E-state index contributed by atoms with van der Waals surface area (Å²) >= 11 is 0. The molecule has 7 nitrogen and oxygen atoms in total. The molecule has 7 heteroatoms. The third kappa shape index (κ3) is 3.68. The number of nitriles is 1. The first-order valence-corrected chi connectivity index (χ1v) is 6.97. The van der Waals surface area contributed by atoms with Crippen molar-refractivity contribution in [2.24, 2.45) is 0 Å². The molecule has 0 aliphatic carbocycles. The predicted molar refractivity (Wildman–Crippen MR) is 70.6 cm³/mol. The first-order chi connectivity index (χ1) is 9.72. The lowest BCUT2D eigenvalue weighted by atomic mass is 10.2. The molecule has 2 fully saturated rings. The molecule has 2 aliphatic heterocycles. The van der Waals surface area contributed by atoms with E-state index in [1.54, 1.807) is 9.80 Å². The third-order valence-electron chi connectivity index (χ3n) is 3.64. The fourth-order valence-electron chi connectivity index (χ4n) is 2.50. The maximum atomic E-state index is 11.9. The van der Waals surface area contributed by atoms with E-state index >= 15 is 0 Å².